The van der Waals surface area contributed by atoms with Gasteiger partial charge in [-0.05, 0) is 12.2 Å². The number of allylic oxidation sites excluding steroid dienone is 2. The van der Waals surface area contributed by atoms with Crippen LogP contribution in [-0.4, -0.2) is 48.4 Å². The Morgan fingerprint density at radius 1 is 1.53 bits per heavy atom. The average molecular weight is 210 g/mol. The van der Waals surface area contributed by atoms with Crippen molar-refractivity contribution in [3.63, 3.8) is 0 Å². The molecular weight excluding hydrogens is 196 g/mol. The summed E-state index contributed by atoms with van der Waals surface area (Å²) in [6.45, 7) is 3.07. The minimum absolute atomic E-state index is 0.0231. The van der Waals surface area contributed by atoms with E-state index in [1.165, 1.54) is 0 Å². The maximum Gasteiger partial charge on any atom is 0.352 e. The van der Waals surface area contributed by atoms with Gasteiger partial charge in [0.2, 0.25) is 0 Å². The number of hydrogen-bond acceptors (Lipinski definition) is 4. The van der Waals surface area contributed by atoms with Crippen LogP contribution in [0.3, 0.4) is 0 Å². The monoisotopic (exact) mass is 210 g/mol. The summed E-state index contributed by atoms with van der Waals surface area (Å²) in [5.74, 6) is -0.919. The molecule has 2 aliphatic rings. The summed E-state index contributed by atoms with van der Waals surface area (Å²) in [6, 6.07) is 0. The summed E-state index contributed by atoms with van der Waals surface area (Å²) in [6.07, 6.45) is 5.28. The molecule has 2 rings (SSSR count). The van der Waals surface area contributed by atoms with E-state index < -0.39 is 5.97 Å². The van der Waals surface area contributed by atoms with E-state index in [0.717, 1.165) is 13.1 Å². The van der Waals surface area contributed by atoms with E-state index in [-0.39, 0.29) is 11.9 Å². The lowest BCUT2D eigenvalue weighted by atomic mass is 10.2. The number of ether oxygens (including phenoxy) is 1. The molecule has 0 spiro atoms. The van der Waals surface area contributed by atoms with Gasteiger partial charge in [-0.1, -0.05) is 6.08 Å². The Kier molecular flexibility index (Phi) is 3.03. The highest BCUT2D eigenvalue weighted by Gasteiger charge is 2.22. The van der Waals surface area contributed by atoms with Gasteiger partial charge in [-0.2, -0.15) is 0 Å². The summed E-state index contributed by atoms with van der Waals surface area (Å²) in [5.41, 5.74) is 0.244. The highest BCUT2D eigenvalue weighted by molar-refractivity contribution is 5.86. The van der Waals surface area contributed by atoms with Gasteiger partial charge in [-0.25, -0.2) is 4.79 Å². The molecule has 1 unspecified atom stereocenters. The zero-order chi connectivity index (χ0) is 10.7. The molecule has 15 heavy (non-hydrogen) atoms. The smallest absolute Gasteiger partial charge is 0.352 e. The maximum atomic E-state index is 10.8. The number of carboxylic acids is 1. The molecule has 0 aliphatic carbocycles. The summed E-state index contributed by atoms with van der Waals surface area (Å²) in [7, 11) is 0. The second-order valence-corrected chi connectivity index (χ2v) is 3.51. The molecule has 2 aliphatic heterocycles. The van der Waals surface area contributed by atoms with Crippen molar-refractivity contribution < 1.29 is 14.6 Å². The zero-order valence-electron chi connectivity index (χ0n) is 8.35. The number of dihydropyridines is 1. The van der Waals surface area contributed by atoms with Crippen molar-refractivity contribution in [1.82, 2.24) is 10.2 Å². The van der Waals surface area contributed by atoms with Crippen LogP contribution in [0.2, 0.25) is 0 Å². The van der Waals surface area contributed by atoms with E-state index in [1.807, 2.05) is 6.08 Å². The first kappa shape index (κ1) is 10.2. The number of carboxylic acid groups (broad SMARTS) is 1. The fourth-order valence-electron chi connectivity index (χ4n) is 1.71. The highest BCUT2D eigenvalue weighted by Crippen LogP contribution is 2.09. The summed E-state index contributed by atoms with van der Waals surface area (Å²) >= 11 is 0. The van der Waals surface area contributed by atoms with Crippen molar-refractivity contribution in [2.45, 2.75) is 6.17 Å². The summed E-state index contributed by atoms with van der Waals surface area (Å²) in [5, 5.41) is 11.8. The van der Waals surface area contributed by atoms with Gasteiger partial charge >= 0.3 is 5.97 Å². The standard InChI is InChI=1S/C10H14N2O3/c13-10(14)8-2-1-3-9(11-8)12-4-6-15-7-5-12/h1-3,9,11H,4-7H2,(H,13,14). The molecule has 2 heterocycles. The van der Waals surface area contributed by atoms with Crippen LogP contribution in [-0.2, 0) is 9.53 Å². The SMILES string of the molecule is O=C(O)C1=CC=CC(N2CCOCC2)N1. The van der Waals surface area contributed by atoms with Gasteiger partial charge in [0.05, 0.1) is 19.4 Å². The van der Waals surface area contributed by atoms with E-state index >= 15 is 0 Å². The Morgan fingerprint density at radius 2 is 2.27 bits per heavy atom. The number of carbonyl (C=O) groups is 1. The predicted octanol–water partition coefficient (Wildman–Crippen LogP) is -0.227. The Labute approximate surface area is 88.0 Å². The van der Waals surface area contributed by atoms with Gasteiger partial charge in [-0.3, -0.25) is 4.90 Å². The summed E-state index contributed by atoms with van der Waals surface area (Å²) < 4.78 is 5.24. The molecule has 1 saturated heterocycles. The Balaban J connectivity index is 1.98. The van der Waals surface area contributed by atoms with Gasteiger partial charge in [0.1, 0.15) is 5.70 Å². The molecule has 5 nitrogen and oxygen atoms in total. The third-order valence-corrected chi connectivity index (χ3v) is 2.53. The second-order valence-electron chi connectivity index (χ2n) is 3.51. The van der Waals surface area contributed by atoms with Crippen molar-refractivity contribution in [1.29, 1.82) is 0 Å². The highest BCUT2D eigenvalue weighted by atomic mass is 16.5. The normalized spacial score (nSPS) is 26.9. The lowest BCUT2D eigenvalue weighted by Crippen LogP contribution is -2.50. The van der Waals surface area contributed by atoms with E-state index in [9.17, 15) is 4.79 Å². The van der Waals surface area contributed by atoms with Crippen molar-refractivity contribution in [2.75, 3.05) is 26.3 Å². The fraction of sp³-hybridized carbons (Fsp3) is 0.500. The van der Waals surface area contributed by atoms with Gasteiger partial charge in [0.15, 0.2) is 0 Å². The Hall–Kier alpha value is -1.33. The van der Waals surface area contributed by atoms with Crippen molar-refractivity contribution in [3.8, 4) is 0 Å². The molecule has 5 heteroatoms. The molecule has 0 aromatic rings. The van der Waals surface area contributed by atoms with Crippen LogP contribution in [0.1, 0.15) is 0 Å². The first-order valence-electron chi connectivity index (χ1n) is 4.97. The number of rotatable bonds is 2. The van der Waals surface area contributed by atoms with Crippen LogP contribution < -0.4 is 5.32 Å². The topological polar surface area (TPSA) is 61.8 Å². The second kappa shape index (κ2) is 4.46. The van der Waals surface area contributed by atoms with Gasteiger partial charge in [0, 0.05) is 13.1 Å². The number of nitrogens with one attached hydrogen (secondary N) is 1. The van der Waals surface area contributed by atoms with Gasteiger partial charge < -0.3 is 15.2 Å². The fourth-order valence-corrected chi connectivity index (χ4v) is 1.71. The number of aliphatic carboxylic acids is 1. The predicted molar refractivity (Wildman–Crippen MR) is 54.2 cm³/mol. The molecule has 0 bridgehead atoms. The van der Waals surface area contributed by atoms with Crippen LogP contribution in [0.5, 0.6) is 0 Å². The quantitative estimate of drug-likeness (QED) is 0.659. The van der Waals surface area contributed by atoms with Crippen LogP contribution >= 0.6 is 0 Å². The third-order valence-electron chi connectivity index (χ3n) is 2.53. The molecule has 0 amide bonds. The van der Waals surface area contributed by atoms with E-state index in [0.29, 0.717) is 13.2 Å². The molecule has 82 valence electrons. The van der Waals surface area contributed by atoms with E-state index in [1.54, 1.807) is 12.2 Å². The molecule has 1 fully saturated rings. The lowest BCUT2D eigenvalue weighted by molar-refractivity contribution is -0.133. The first-order valence-corrected chi connectivity index (χ1v) is 4.97. The maximum absolute atomic E-state index is 10.8. The molecule has 1 atom stereocenters. The van der Waals surface area contributed by atoms with E-state index in [4.69, 9.17) is 9.84 Å². The van der Waals surface area contributed by atoms with Crippen LogP contribution in [0.15, 0.2) is 23.9 Å². The van der Waals surface area contributed by atoms with Crippen molar-refractivity contribution in [3.05, 3.63) is 23.9 Å². The van der Waals surface area contributed by atoms with Crippen LogP contribution in [0.4, 0.5) is 0 Å². The zero-order valence-corrected chi connectivity index (χ0v) is 8.35. The molecule has 0 radical (unpaired) electrons. The first-order chi connectivity index (χ1) is 7.27. The summed E-state index contributed by atoms with van der Waals surface area (Å²) in [4.78, 5) is 12.9. The minimum atomic E-state index is -0.919. The lowest BCUT2D eigenvalue weighted by Gasteiger charge is -2.34. The Bertz CT molecular complexity index is 306. The Morgan fingerprint density at radius 3 is 2.93 bits per heavy atom. The van der Waals surface area contributed by atoms with Gasteiger partial charge in [-0.15, -0.1) is 0 Å². The average Bonchev–Trinajstić information content (AvgIpc) is 2.30. The van der Waals surface area contributed by atoms with E-state index in [2.05, 4.69) is 10.2 Å². The molecule has 0 saturated carbocycles. The molecule has 2 N–H and O–H groups in total. The molecule has 0 aromatic carbocycles. The van der Waals surface area contributed by atoms with Crippen LogP contribution in [0.25, 0.3) is 0 Å². The van der Waals surface area contributed by atoms with Gasteiger partial charge in [0.25, 0.3) is 0 Å². The van der Waals surface area contributed by atoms with Crippen LogP contribution in [0, 0.1) is 0 Å². The number of hydrogen-bond donors (Lipinski definition) is 2. The minimum Gasteiger partial charge on any atom is -0.477 e. The molecule has 0 aromatic heterocycles. The van der Waals surface area contributed by atoms with Crippen molar-refractivity contribution >= 4 is 5.97 Å². The van der Waals surface area contributed by atoms with Crippen molar-refractivity contribution in [2.24, 2.45) is 0 Å². The number of morpholine rings is 1. The molecular formula is C10H14N2O3. The third kappa shape index (κ3) is 2.37. The largest absolute Gasteiger partial charge is 0.477 e. The number of nitrogens with zero attached hydrogens (tertiary/aromatic N) is 1.